The Balaban J connectivity index is 2.12. The van der Waals surface area contributed by atoms with Crippen LogP contribution in [0.5, 0.6) is 17.2 Å². The normalized spacial score (nSPS) is 10.1. The van der Waals surface area contributed by atoms with Gasteiger partial charge in [-0.2, -0.15) is 0 Å². The lowest BCUT2D eigenvalue weighted by atomic mass is 10.2. The van der Waals surface area contributed by atoms with Gasteiger partial charge < -0.3 is 9.47 Å². The molecule has 0 heterocycles. The third-order valence-electron chi connectivity index (χ3n) is 2.62. The molecule has 3 nitrogen and oxygen atoms in total. The Labute approximate surface area is 126 Å². The van der Waals surface area contributed by atoms with Gasteiger partial charge in [-0.1, -0.05) is 22.9 Å². The average Bonchev–Trinajstić information content (AvgIpc) is 2.48. The van der Waals surface area contributed by atoms with Gasteiger partial charge in [-0.3, -0.25) is 4.79 Å². The lowest BCUT2D eigenvalue weighted by molar-refractivity contribution is 0.112. The van der Waals surface area contributed by atoms with Crippen LogP contribution in [-0.4, -0.2) is 12.9 Å². The molecule has 0 aliphatic carbocycles. The number of halogens is 1. The summed E-state index contributed by atoms with van der Waals surface area (Å²) in [5.41, 5.74) is 0.505. The number of carbonyl (C=O) groups excluding carboxylic acids is 1. The van der Waals surface area contributed by atoms with Crippen LogP contribution in [0.25, 0.3) is 0 Å². The monoisotopic (exact) mass is 334 g/mol. The molecule has 104 valence electrons. The number of carbonyl (C=O) groups is 1. The van der Waals surface area contributed by atoms with E-state index >= 15 is 0 Å². The number of hydrogen-bond acceptors (Lipinski definition) is 3. The van der Waals surface area contributed by atoms with Crippen molar-refractivity contribution in [3.63, 3.8) is 0 Å². The number of aldehydes is 1. The van der Waals surface area contributed by atoms with Crippen molar-refractivity contribution in [2.75, 3.05) is 6.61 Å². The number of hydrogen-bond donors (Lipinski definition) is 0. The van der Waals surface area contributed by atoms with Crippen molar-refractivity contribution in [3.05, 3.63) is 52.5 Å². The van der Waals surface area contributed by atoms with Gasteiger partial charge in [0.05, 0.1) is 12.2 Å². The molecule has 0 unspecified atom stereocenters. The number of benzene rings is 2. The summed E-state index contributed by atoms with van der Waals surface area (Å²) < 4.78 is 12.1. The lowest BCUT2D eigenvalue weighted by Gasteiger charge is -2.09. The molecule has 0 radical (unpaired) electrons. The predicted octanol–water partition coefficient (Wildman–Crippen LogP) is 4.84. The first-order valence-electron chi connectivity index (χ1n) is 6.38. The minimum absolute atomic E-state index is 0.505. The topological polar surface area (TPSA) is 35.5 Å². The summed E-state index contributed by atoms with van der Waals surface area (Å²) in [5.74, 6) is 2.01. The van der Waals surface area contributed by atoms with Gasteiger partial charge in [0, 0.05) is 4.47 Å². The summed E-state index contributed by atoms with van der Waals surface area (Å²) in [6.45, 7) is 2.76. The van der Waals surface area contributed by atoms with E-state index in [2.05, 4.69) is 22.9 Å². The van der Waals surface area contributed by atoms with E-state index in [9.17, 15) is 4.79 Å². The van der Waals surface area contributed by atoms with E-state index in [1.165, 1.54) is 0 Å². The predicted molar refractivity (Wildman–Crippen MR) is 81.8 cm³/mol. The molecule has 0 aromatic heterocycles. The smallest absolute Gasteiger partial charge is 0.153 e. The molecule has 2 aromatic carbocycles. The molecule has 20 heavy (non-hydrogen) atoms. The Hall–Kier alpha value is -1.81. The van der Waals surface area contributed by atoms with Crippen molar-refractivity contribution in [1.82, 2.24) is 0 Å². The Kier molecular flexibility index (Phi) is 5.18. The van der Waals surface area contributed by atoms with Gasteiger partial charge in [0.2, 0.25) is 0 Å². The highest BCUT2D eigenvalue weighted by Gasteiger charge is 2.05. The zero-order valence-electron chi connectivity index (χ0n) is 11.1. The van der Waals surface area contributed by atoms with Crippen LogP contribution in [0.3, 0.4) is 0 Å². The Morgan fingerprint density at radius 2 is 1.80 bits per heavy atom. The van der Waals surface area contributed by atoms with E-state index in [4.69, 9.17) is 9.47 Å². The van der Waals surface area contributed by atoms with Crippen molar-refractivity contribution < 1.29 is 14.3 Å². The van der Waals surface area contributed by atoms with Gasteiger partial charge in [-0.15, -0.1) is 0 Å². The molecule has 0 saturated carbocycles. The molecule has 0 amide bonds. The maximum atomic E-state index is 11.0. The summed E-state index contributed by atoms with van der Waals surface area (Å²) in [4.78, 5) is 11.0. The highest BCUT2D eigenvalue weighted by molar-refractivity contribution is 9.10. The molecule has 4 heteroatoms. The third-order valence-corrected chi connectivity index (χ3v) is 3.12. The molecule has 0 spiro atoms. The maximum Gasteiger partial charge on any atom is 0.153 e. The summed E-state index contributed by atoms with van der Waals surface area (Å²) in [6, 6.07) is 12.7. The van der Waals surface area contributed by atoms with E-state index in [0.717, 1.165) is 22.9 Å². The SMILES string of the molecule is CCCOc1ccc(Oc2ccc(Br)cc2C=O)cc1. The Morgan fingerprint density at radius 3 is 2.45 bits per heavy atom. The van der Waals surface area contributed by atoms with E-state index in [0.29, 0.717) is 23.7 Å². The highest BCUT2D eigenvalue weighted by atomic mass is 79.9. The summed E-state index contributed by atoms with van der Waals surface area (Å²) in [7, 11) is 0. The summed E-state index contributed by atoms with van der Waals surface area (Å²) in [6.07, 6.45) is 1.75. The zero-order valence-corrected chi connectivity index (χ0v) is 12.7. The van der Waals surface area contributed by atoms with Crippen LogP contribution in [-0.2, 0) is 0 Å². The van der Waals surface area contributed by atoms with Crippen molar-refractivity contribution in [1.29, 1.82) is 0 Å². The van der Waals surface area contributed by atoms with Gasteiger partial charge in [0.25, 0.3) is 0 Å². The Bertz CT molecular complexity index is 579. The van der Waals surface area contributed by atoms with Gasteiger partial charge in [-0.25, -0.2) is 0 Å². The molecule has 0 atom stereocenters. The molecule has 0 N–H and O–H groups in total. The molecule has 0 aliphatic heterocycles. The molecule has 0 fully saturated rings. The molecule has 0 saturated heterocycles. The second-order valence-electron chi connectivity index (χ2n) is 4.22. The summed E-state index contributed by atoms with van der Waals surface area (Å²) in [5, 5.41) is 0. The second kappa shape index (κ2) is 7.10. The molecule has 2 aromatic rings. The van der Waals surface area contributed by atoms with Crippen molar-refractivity contribution in [2.45, 2.75) is 13.3 Å². The van der Waals surface area contributed by atoms with Gasteiger partial charge in [0.1, 0.15) is 17.2 Å². The van der Waals surface area contributed by atoms with Crippen LogP contribution < -0.4 is 9.47 Å². The van der Waals surface area contributed by atoms with Gasteiger partial charge in [-0.05, 0) is 48.9 Å². The van der Waals surface area contributed by atoms with Gasteiger partial charge in [0.15, 0.2) is 6.29 Å². The van der Waals surface area contributed by atoms with Crippen molar-refractivity contribution in [3.8, 4) is 17.2 Å². The van der Waals surface area contributed by atoms with E-state index in [1.54, 1.807) is 12.1 Å². The highest BCUT2D eigenvalue weighted by Crippen LogP contribution is 2.28. The zero-order chi connectivity index (χ0) is 14.4. The first-order chi connectivity index (χ1) is 9.72. The first kappa shape index (κ1) is 14.6. The molecule has 0 aliphatic rings. The standard InChI is InChI=1S/C16H15BrO3/c1-2-9-19-14-4-6-15(7-5-14)20-16-8-3-13(17)10-12(16)11-18/h3-8,10-11H,2,9H2,1H3. The third kappa shape index (κ3) is 3.84. The van der Waals surface area contributed by atoms with Crippen LogP contribution in [0, 0.1) is 0 Å². The number of rotatable bonds is 6. The minimum Gasteiger partial charge on any atom is -0.494 e. The average molecular weight is 335 g/mol. The lowest BCUT2D eigenvalue weighted by Crippen LogP contribution is -1.95. The van der Waals surface area contributed by atoms with E-state index < -0.39 is 0 Å². The second-order valence-corrected chi connectivity index (χ2v) is 5.14. The van der Waals surface area contributed by atoms with Crippen LogP contribution in [0.15, 0.2) is 46.9 Å². The summed E-state index contributed by atoms with van der Waals surface area (Å²) >= 11 is 3.33. The van der Waals surface area contributed by atoms with Crippen LogP contribution >= 0.6 is 15.9 Å². The molecule has 2 rings (SSSR count). The fourth-order valence-electron chi connectivity index (χ4n) is 1.66. The Morgan fingerprint density at radius 1 is 1.10 bits per heavy atom. The molecular weight excluding hydrogens is 320 g/mol. The van der Waals surface area contributed by atoms with Crippen molar-refractivity contribution in [2.24, 2.45) is 0 Å². The van der Waals surface area contributed by atoms with Crippen molar-refractivity contribution >= 4 is 22.2 Å². The van der Waals surface area contributed by atoms with Crippen LogP contribution in [0.4, 0.5) is 0 Å². The molecular formula is C16H15BrO3. The van der Waals surface area contributed by atoms with E-state index in [1.807, 2.05) is 30.3 Å². The van der Waals surface area contributed by atoms with E-state index in [-0.39, 0.29) is 0 Å². The maximum absolute atomic E-state index is 11.0. The largest absolute Gasteiger partial charge is 0.494 e. The van der Waals surface area contributed by atoms with Crippen LogP contribution in [0.2, 0.25) is 0 Å². The first-order valence-corrected chi connectivity index (χ1v) is 7.17. The minimum atomic E-state index is 0.505. The quantitative estimate of drug-likeness (QED) is 0.709. The molecule has 0 bridgehead atoms. The van der Waals surface area contributed by atoms with Gasteiger partial charge >= 0.3 is 0 Å². The van der Waals surface area contributed by atoms with Crippen LogP contribution in [0.1, 0.15) is 23.7 Å². The number of ether oxygens (including phenoxy) is 2. The fraction of sp³-hybridized carbons (Fsp3) is 0.188. The fourth-order valence-corrected chi connectivity index (χ4v) is 2.03.